The molecule has 2 heterocycles. The second-order valence-corrected chi connectivity index (χ2v) is 6.96. The Morgan fingerprint density at radius 3 is 2.73 bits per heavy atom. The van der Waals surface area contributed by atoms with Crippen molar-refractivity contribution in [3.05, 3.63) is 63.4 Å². The van der Waals surface area contributed by atoms with Gasteiger partial charge in [-0.25, -0.2) is 4.39 Å². The molecule has 0 amide bonds. The van der Waals surface area contributed by atoms with Gasteiger partial charge in [0.1, 0.15) is 11.4 Å². The van der Waals surface area contributed by atoms with Crippen LogP contribution in [0.5, 0.6) is 0 Å². The van der Waals surface area contributed by atoms with Gasteiger partial charge in [0.15, 0.2) is 5.76 Å². The van der Waals surface area contributed by atoms with Crippen LogP contribution in [0, 0.1) is 5.82 Å². The molecule has 0 saturated heterocycles. The predicted molar refractivity (Wildman–Crippen MR) is 100 cm³/mol. The molecule has 2 aromatic carbocycles. The summed E-state index contributed by atoms with van der Waals surface area (Å²) in [5.74, 6) is 0.579. The molecular weight excluding hydrogens is 399 g/mol. The number of furan rings is 1. The number of H-pyrrole nitrogens is 1. The Balaban J connectivity index is 1.58. The molecule has 0 aliphatic rings. The molecule has 0 unspecified atom stereocenters. The molecule has 0 atom stereocenters. The molecule has 0 aliphatic heterocycles. The van der Waals surface area contributed by atoms with E-state index in [1.54, 1.807) is 12.1 Å². The molecule has 0 spiro atoms. The fourth-order valence-corrected chi connectivity index (χ4v) is 3.69. The van der Waals surface area contributed by atoms with Gasteiger partial charge in [-0.3, -0.25) is 0 Å². The highest BCUT2D eigenvalue weighted by Crippen LogP contribution is 2.28. The van der Waals surface area contributed by atoms with Crippen molar-refractivity contribution < 1.29 is 8.81 Å². The van der Waals surface area contributed by atoms with Crippen molar-refractivity contribution in [1.82, 2.24) is 20.6 Å². The molecule has 0 aliphatic carbocycles. The number of hydrogen-bond acceptors (Lipinski definition) is 4. The number of halogens is 2. The molecule has 26 heavy (non-hydrogen) atoms. The van der Waals surface area contributed by atoms with E-state index in [4.69, 9.17) is 4.42 Å². The molecular formula is C19H16BrFN4O. The Morgan fingerprint density at radius 2 is 2.00 bits per heavy atom. The smallest absolute Gasteiger partial charge is 0.239 e. The van der Waals surface area contributed by atoms with Gasteiger partial charge >= 0.3 is 0 Å². The van der Waals surface area contributed by atoms with E-state index in [9.17, 15) is 4.39 Å². The highest BCUT2D eigenvalue weighted by molar-refractivity contribution is 9.10. The topological polar surface area (TPSA) is 67.6 Å². The summed E-state index contributed by atoms with van der Waals surface area (Å²) in [5, 5.41) is 14.3. The molecule has 0 saturated carbocycles. The fourth-order valence-electron chi connectivity index (χ4n) is 2.98. The molecule has 5 nitrogen and oxygen atoms in total. The van der Waals surface area contributed by atoms with E-state index in [0.29, 0.717) is 34.5 Å². The third kappa shape index (κ3) is 3.26. The highest BCUT2D eigenvalue weighted by atomic mass is 79.9. The molecule has 4 rings (SSSR count). The maximum atomic E-state index is 14.5. The van der Waals surface area contributed by atoms with Gasteiger partial charge in [0.2, 0.25) is 5.82 Å². The summed E-state index contributed by atoms with van der Waals surface area (Å²) in [5.41, 5.74) is 3.68. The normalized spacial score (nSPS) is 11.3. The first kappa shape index (κ1) is 16.9. The van der Waals surface area contributed by atoms with Crippen molar-refractivity contribution in [2.75, 3.05) is 0 Å². The molecule has 132 valence electrons. The quantitative estimate of drug-likeness (QED) is 0.506. The average Bonchev–Trinajstić information content (AvgIpc) is 3.29. The molecule has 7 heteroatoms. The number of aromatic nitrogens is 4. The largest absolute Gasteiger partial charge is 0.453 e. The highest BCUT2D eigenvalue weighted by Gasteiger charge is 2.13. The number of benzene rings is 2. The van der Waals surface area contributed by atoms with Crippen LogP contribution in [0.25, 0.3) is 22.6 Å². The van der Waals surface area contributed by atoms with Crippen molar-refractivity contribution in [3.63, 3.8) is 0 Å². The monoisotopic (exact) mass is 414 g/mol. The van der Waals surface area contributed by atoms with Gasteiger partial charge in [0, 0.05) is 9.86 Å². The van der Waals surface area contributed by atoms with E-state index in [2.05, 4.69) is 61.7 Å². The Labute approximate surface area is 157 Å². The van der Waals surface area contributed by atoms with E-state index in [-0.39, 0.29) is 5.82 Å². The van der Waals surface area contributed by atoms with Gasteiger partial charge in [-0.2, -0.15) is 5.21 Å². The minimum atomic E-state index is -0.234. The van der Waals surface area contributed by atoms with Gasteiger partial charge in [-0.15, -0.1) is 10.2 Å². The van der Waals surface area contributed by atoms with Crippen LogP contribution in [0.15, 0.2) is 45.3 Å². The van der Waals surface area contributed by atoms with Crippen LogP contribution in [0.1, 0.15) is 23.6 Å². The van der Waals surface area contributed by atoms with E-state index in [1.165, 1.54) is 17.2 Å². The second kappa shape index (κ2) is 6.99. The summed E-state index contributed by atoms with van der Waals surface area (Å²) in [6, 6.07) is 11.3. The van der Waals surface area contributed by atoms with Crippen molar-refractivity contribution in [2.24, 2.45) is 0 Å². The SMILES string of the molecule is CCc1ccc(CCc2cc3oc(-c4nn[nH]n4)cc3cc2F)cc1Br. The van der Waals surface area contributed by atoms with E-state index >= 15 is 0 Å². The Bertz CT molecular complexity index is 1060. The lowest BCUT2D eigenvalue weighted by Gasteiger charge is -2.07. The first-order valence-electron chi connectivity index (χ1n) is 8.37. The minimum absolute atomic E-state index is 0.234. The van der Waals surface area contributed by atoms with Gasteiger partial charge < -0.3 is 4.42 Å². The van der Waals surface area contributed by atoms with E-state index < -0.39 is 0 Å². The molecule has 4 aromatic rings. The van der Waals surface area contributed by atoms with Crippen molar-refractivity contribution in [3.8, 4) is 11.6 Å². The van der Waals surface area contributed by atoms with Crippen LogP contribution in [0.3, 0.4) is 0 Å². The number of nitrogens with one attached hydrogen (secondary N) is 1. The average molecular weight is 415 g/mol. The minimum Gasteiger partial charge on any atom is -0.453 e. The molecule has 0 bridgehead atoms. The number of fused-ring (bicyclic) bond motifs is 1. The molecule has 1 N–H and O–H groups in total. The number of tetrazole rings is 1. The van der Waals surface area contributed by atoms with Gasteiger partial charge in [-0.05, 0) is 65.4 Å². The van der Waals surface area contributed by atoms with Crippen LogP contribution >= 0.6 is 15.9 Å². The van der Waals surface area contributed by atoms with E-state index in [1.807, 2.05) is 0 Å². The molecule has 0 radical (unpaired) electrons. The molecule has 0 fully saturated rings. The summed E-state index contributed by atoms with van der Waals surface area (Å²) in [4.78, 5) is 0. The molecule has 2 aromatic heterocycles. The number of aromatic amines is 1. The Morgan fingerprint density at radius 1 is 1.12 bits per heavy atom. The number of nitrogens with zero attached hydrogens (tertiary/aromatic N) is 3. The van der Waals surface area contributed by atoms with Crippen LogP contribution in [0.4, 0.5) is 4.39 Å². The number of hydrogen-bond donors (Lipinski definition) is 1. The maximum absolute atomic E-state index is 14.5. The summed E-state index contributed by atoms with van der Waals surface area (Å²) in [6.07, 6.45) is 2.33. The zero-order valence-electron chi connectivity index (χ0n) is 14.1. The summed E-state index contributed by atoms with van der Waals surface area (Å²) in [7, 11) is 0. The second-order valence-electron chi connectivity index (χ2n) is 6.11. The van der Waals surface area contributed by atoms with Crippen LogP contribution in [0.2, 0.25) is 0 Å². The Hall–Kier alpha value is -2.54. The van der Waals surface area contributed by atoms with Gasteiger partial charge in [0.25, 0.3) is 0 Å². The van der Waals surface area contributed by atoms with E-state index in [0.717, 1.165) is 17.3 Å². The lowest BCUT2D eigenvalue weighted by Crippen LogP contribution is -1.96. The third-order valence-electron chi connectivity index (χ3n) is 4.43. The van der Waals surface area contributed by atoms with Crippen LogP contribution in [-0.4, -0.2) is 20.6 Å². The zero-order valence-corrected chi connectivity index (χ0v) is 15.7. The van der Waals surface area contributed by atoms with Crippen LogP contribution in [-0.2, 0) is 19.3 Å². The van der Waals surface area contributed by atoms with Gasteiger partial charge in [0.05, 0.1) is 0 Å². The van der Waals surface area contributed by atoms with Crippen molar-refractivity contribution in [2.45, 2.75) is 26.2 Å². The summed E-state index contributed by atoms with van der Waals surface area (Å²) < 4.78 is 21.3. The summed E-state index contributed by atoms with van der Waals surface area (Å²) in [6.45, 7) is 2.12. The first-order chi connectivity index (χ1) is 12.6. The third-order valence-corrected chi connectivity index (χ3v) is 5.17. The van der Waals surface area contributed by atoms with Crippen molar-refractivity contribution >= 4 is 26.9 Å². The number of rotatable bonds is 5. The lowest BCUT2D eigenvalue weighted by molar-refractivity contribution is 0.602. The first-order valence-corrected chi connectivity index (χ1v) is 9.16. The Kier molecular flexibility index (Phi) is 4.55. The van der Waals surface area contributed by atoms with Crippen LogP contribution < -0.4 is 0 Å². The standard InChI is InChI=1S/C19H16BrFN4O/c1-2-12-5-3-11(7-15(12)20)4-6-13-9-17-14(8-16(13)21)10-18(26-17)19-22-24-25-23-19/h3,5,7-10H,2,4,6H2,1H3,(H,22,23,24,25). The fraction of sp³-hybridized carbons (Fsp3) is 0.211. The number of aryl methyl sites for hydroxylation is 3. The zero-order chi connectivity index (χ0) is 18.1. The summed E-state index contributed by atoms with van der Waals surface area (Å²) >= 11 is 3.59. The lowest BCUT2D eigenvalue weighted by atomic mass is 10.0. The van der Waals surface area contributed by atoms with Crippen molar-refractivity contribution in [1.29, 1.82) is 0 Å². The predicted octanol–water partition coefficient (Wildman–Crippen LogP) is 4.86. The maximum Gasteiger partial charge on any atom is 0.239 e. The van der Waals surface area contributed by atoms with Gasteiger partial charge in [-0.1, -0.05) is 35.0 Å².